The number of benzene rings is 1. The van der Waals surface area contributed by atoms with E-state index in [1.165, 1.54) is 6.07 Å². The summed E-state index contributed by atoms with van der Waals surface area (Å²) in [6.07, 6.45) is 0. The van der Waals surface area contributed by atoms with Crippen molar-refractivity contribution in [3.05, 3.63) is 44.0 Å². The van der Waals surface area contributed by atoms with Gasteiger partial charge in [-0.25, -0.2) is 0 Å². The van der Waals surface area contributed by atoms with Crippen LogP contribution in [-0.4, -0.2) is 10.2 Å². The number of nitrogens with one attached hydrogen (secondary N) is 1. The van der Waals surface area contributed by atoms with Crippen LogP contribution in [0.1, 0.15) is 16.8 Å². The van der Waals surface area contributed by atoms with Crippen molar-refractivity contribution in [1.29, 1.82) is 5.26 Å². The summed E-state index contributed by atoms with van der Waals surface area (Å²) >= 11 is 17.9. The molecule has 2 rings (SSSR count). The van der Waals surface area contributed by atoms with Crippen LogP contribution in [0.5, 0.6) is 0 Å². The van der Waals surface area contributed by atoms with E-state index in [9.17, 15) is 5.26 Å². The lowest BCUT2D eigenvalue weighted by Crippen LogP contribution is -2.04. The SMILES string of the molecule is Cc1nnc(Nc2cc(Cl)c(Cl)cc2Cl)c(C#N)c1C. The number of hydrogen-bond donors (Lipinski definition) is 1. The number of halogens is 3. The Balaban J connectivity index is 2.49. The van der Waals surface area contributed by atoms with Gasteiger partial charge in [-0.1, -0.05) is 34.8 Å². The first kappa shape index (κ1) is 14.9. The van der Waals surface area contributed by atoms with Gasteiger partial charge in [0.25, 0.3) is 0 Å². The quantitative estimate of drug-likeness (QED) is 0.814. The van der Waals surface area contributed by atoms with Crippen molar-refractivity contribution in [3.8, 4) is 6.07 Å². The van der Waals surface area contributed by atoms with Crippen LogP contribution in [0.4, 0.5) is 11.5 Å². The zero-order valence-corrected chi connectivity index (χ0v) is 12.9. The summed E-state index contributed by atoms with van der Waals surface area (Å²) in [5.74, 6) is 0.330. The molecule has 20 heavy (non-hydrogen) atoms. The van der Waals surface area contributed by atoms with Gasteiger partial charge in [-0.05, 0) is 31.5 Å². The molecule has 0 aliphatic carbocycles. The average Bonchev–Trinajstić information content (AvgIpc) is 2.40. The Bertz CT molecular complexity index is 723. The summed E-state index contributed by atoms with van der Waals surface area (Å²) in [6, 6.07) is 5.20. The highest BCUT2D eigenvalue weighted by molar-refractivity contribution is 6.44. The number of nitriles is 1. The molecule has 1 aromatic heterocycles. The smallest absolute Gasteiger partial charge is 0.171 e. The first-order valence-corrected chi connectivity index (χ1v) is 6.73. The van der Waals surface area contributed by atoms with E-state index in [0.717, 1.165) is 5.56 Å². The molecule has 102 valence electrons. The predicted molar refractivity (Wildman–Crippen MR) is 81.0 cm³/mol. The number of hydrogen-bond acceptors (Lipinski definition) is 4. The fourth-order valence-electron chi connectivity index (χ4n) is 1.58. The minimum absolute atomic E-state index is 0.330. The van der Waals surface area contributed by atoms with Gasteiger partial charge in [-0.2, -0.15) is 10.4 Å². The third-order valence-electron chi connectivity index (χ3n) is 2.83. The van der Waals surface area contributed by atoms with Crippen molar-refractivity contribution in [3.63, 3.8) is 0 Å². The fraction of sp³-hybridized carbons (Fsp3) is 0.154. The van der Waals surface area contributed by atoms with Crippen molar-refractivity contribution in [2.24, 2.45) is 0 Å². The number of rotatable bonds is 2. The maximum absolute atomic E-state index is 9.23. The maximum atomic E-state index is 9.23. The summed E-state index contributed by atoms with van der Waals surface area (Å²) in [7, 11) is 0. The Kier molecular flexibility index (Phi) is 4.34. The molecule has 0 atom stereocenters. The van der Waals surface area contributed by atoms with E-state index in [1.54, 1.807) is 13.0 Å². The van der Waals surface area contributed by atoms with Crippen molar-refractivity contribution >= 4 is 46.3 Å². The summed E-state index contributed by atoms with van der Waals surface area (Å²) in [4.78, 5) is 0. The van der Waals surface area contributed by atoms with Crippen molar-refractivity contribution in [2.45, 2.75) is 13.8 Å². The largest absolute Gasteiger partial charge is 0.336 e. The molecular formula is C13H9Cl3N4. The molecule has 1 aromatic carbocycles. The molecule has 1 N–H and O–H groups in total. The summed E-state index contributed by atoms with van der Waals surface area (Å²) in [5.41, 5.74) is 2.39. The predicted octanol–water partition coefficient (Wildman–Crippen LogP) is 4.67. The zero-order valence-electron chi connectivity index (χ0n) is 10.6. The molecule has 0 unspecified atom stereocenters. The van der Waals surface area contributed by atoms with Gasteiger partial charge in [0.05, 0.1) is 26.4 Å². The van der Waals surface area contributed by atoms with Gasteiger partial charge < -0.3 is 5.32 Å². The topological polar surface area (TPSA) is 61.6 Å². The molecule has 0 aliphatic heterocycles. The molecule has 0 aliphatic rings. The van der Waals surface area contributed by atoms with Crippen LogP contribution in [-0.2, 0) is 0 Å². The average molecular weight is 328 g/mol. The van der Waals surface area contributed by atoms with Crippen LogP contribution < -0.4 is 5.32 Å². The summed E-state index contributed by atoms with van der Waals surface area (Å²) in [5, 5.41) is 21.2. The highest BCUT2D eigenvalue weighted by atomic mass is 35.5. The number of anilines is 2. The van der Waals surface area contributed by atoms with Gasteiger partial charge in [0.1, 0.15) is 11.6 Å². The second kappa shape index (κ2) is 5.84. The molecule has 2 aromatic rings. The Hall–Kier alpha value is -1.54. The Morgan fingerprint density at radius 1 is 1.05 bits per heavy atom. The Morgan fingerprint density at radius 2 is 1.70 bits per heavy atom. The molecule has 7 heteroatoms. The molecular weight excluding hydrogens is 319 g/mol. The molecule has 4 nitrogen and oxygen atoms in total. The minimum atomic E-state index is 0.330. The molecule has 0 fully saturated rings. The minimum Gasteiger partial charge on any atom is -0.336 e. The lowest BCUT2D eigenvalue weighted by molar-refractivity contribution is 0.960. The van der Waals surface area contributed by atoms with E-state index in [-0.39, 0.29) is 0 Å². The molecule has 0 amide bonds. The van der Waals surface area contributed by atoms with Gasteiger partial charge in [-0.3, -0.25) is 0 Å². The Labute approximate surface area is 131 Å². The zero-order chi connectivity index (χ0) is 14.9. The van der Waals surface area contributed by atoms with Gasteiger partial charge in [0.15, 0.2) is 5.82 Å². The van der Waals surface area contributed by atoms with E-state index in [2.05, 4.69) is 21.6 Å². The number of aryl methyl sites for hydroxylation is 1. The second-order valence-electron chi connectivity index (χ2n) is 4.12. The standard InChI is InChI=1S/C13H9Cl3N4/c1-6-7(2)19-20-13(8(6)5-17)18-12-4-10(15)9(14)3-11(12)16/h3-4H,1-2H3,(H,18,20). The monoisotopic (exact) mass is 326 g/mol. The maximum Gasteiger partial charge on any atom is 0.171 e. The van der Waals surface area contributed by atoms with E-state index in [4.69, 9.17) is 34.8 Å². The molecule has 0 bridgehead atoms. The van der Waals surface area contributed by atoms with Crippen LogP contribution in [0, 0.1) is 25.2 Å². The Morgan fingerprint density at radius 3 is 2.35 bits per heavy atom. The second-order valence-corrected chi connectivity index (χ2v) is 5.34. The van der Waals surface area contributed by atoms with Crippen molar-refractivity contribution in [1.82, 2.24) is 10.2 Å². The van der Waals surface area contributed by atoms with E-state index in [1.807, 2.05) is 6.92 Å². The molecule has 0 saturated heterocycles. The van der Waals surface area contributed by atoms with Crippen LogP contribution >= 0.6 is 34.8 Å². The lowest BCUT2D eigenvalue weighted by atomic mass is 10.1. The summed E-state index contributed by atoms with van der Waals surface area (Å²) < 4.78 is 0. The fourth-order valence-corrected chi connectivity index (χ4v) is 2.17. The van der Waals surface area contributed by atoms with Gasteiger partial charge in [0.2, 0.25) is 0 Å². The first-order valence-electron chi connectivity index (χ1n) is 5.59. The third kappa shape index (κ3) is 2.80. The highest BCUT2D eigenvalue weighted by Gasteiger charge is 2.13. The van der Waals surface area contributed by atoms with E-state index < -0.39 is 0 Å². The number of aromatic nitrogens is 2. The summed E-state index contributed by atoms with van der Waals surface area (Å²) in [6.45, 7) is 3.60. The highest BCUT2D eigenvalue weighted by Crippen LogP contribution is 2.34. The van der Waals surface area contributed by atoms with E-state index in [0.29, 0.717) is 37.8 Å². The molecule has 0 spiro atoms. The van der Waals surface area contributed by atoms with Crippen LogP contribution in [0.15, 0.2) is 12.1 Å². The van der Waals surface area contributed by atoms with Crippen molar-refractivity contribution in [2.75, 3.05) is 5.32 Å². The molecule has 0 radical (unpaired) electrons. The van der Waals surface area contributed by atoms with Crippen LogP contribution in [0.3, 0.4) is 0 Å². The number of nitrogens with zero attached hydrogens (tertiary/aromatic N) is 3. The van der Waals surface area contributed by atoms with Crippen molar-refractivity contribution < 1.29 is 0 Å². The van der Waals surface area contributed by atoms with Gasteiger partial charge in [0, 0.05) is 0 Å². The van der Waals surface area contributed by atoms with Gasteiger partial charge >= 0.3 is 0 Å². The van der Waals surface area contributed by atoms with Crippen LogP contribution in [0.2, 0.25) is 15.1 Å². The van der Waals surface area contributed by atoms with Gasteiger partial charge in [-0.15, -0.1) is 5.10 Å². The normalized spacial score (nSPS) is 10.2. The molecule has 0 saturated carbocycles. The molecule has 1 heterocycles. The van der Waals surface area contributed by atoms with Crippen LogP contribution in [0.25, 0.3) is 0 Å². The third-order valence-corrected chi connectivity index (χ3v) is 3.86. The van der Waals surface area contributed by atoms with E-state index >= 15 is 0 Å². The first-order chi connectivity index (χ1) is 9.43. The lowest BCUT2D eigenvalue weighted by Gasteiger charge is -2.11.